The summed E-state index contributed by atoms with van der Waals surface area (Å²) in [6.45, 7) is 4.02. The zero-order valence-electron chi connectivity index (χ0n) is 14.9. The number of nitrogens with one attached hydrogen (secondary N) is 1. The lowest BCUT2D eigenvalue weighted by Crippen LogP contribution is -2.42. The average Bonchev–Trinajstić information content (AvgIpc) is 3.23. The van der Waals surface area contributed by atoms with Gasteiger partial charge >= 0.3 is 0 Å². The first-order valence-electron chi connectivity index (χ1n) is 9.27. The van der Waals surface area contributed by atoms with Gasteiger partial charge in [-0.3, -0.25) is 4.79 Å². The average molecular weight is 376 g/mol. The number of nitrogens with zero attached hydrogens (tertiary/aromatic N) is 4. The molecule has 0 aliphatic carbocycles. The fraction of sp³-hybridized carbons (Fsp3) is 0.526. The van der Waals surface area contributed by atoms with Gasteiger partial charge in [-0.15, -0.1) is 12.4 Å². The number of hydrogen-bond acceptors (Lipinski definition) is 4. The zero-order chi connectivity index (χ0) is 17.1. The number of amides is 1. The van der Waals surface area contributed by atoms with E-state index in [0.717, 1.165) is 56.5 Å². The summed E-state index contributed by atoms with van der Waals surface area (Å²) < 4.78 is 1.66. The minimum absolute atomic E-state index is 0. The molecule has 0 atom stereocenters. The first-order chi connectivity index (χ1) is 12.3. The summed E-state index contributed by atoms with van der Waals surface area (Å²) in [5.74, 6) is 1.72. The van der Waals surface area contributed by atoms with E-state index in [-0.39, 0.29) is 18.3 Å². The summed E-state index contributed by atoms with van der Waals surface area (Å²) in [7, 11) is 0. The molecule has 7 heteroatoms. The van der Waals surface area contributed by atoms with Crippen LogP contribution in [0.25, 0.3) is 5.69 Å². The molecular weight excluding hydrogens is 350 g/mol. The molecule has 0 unspecified atom stereocenters. The van der Waals surface area contributed by atoms with Gasteiger partial charge in [0.15, 0.2) is 0 Å². The zero-order valence-corrected chi connectivity index (χ0v) is 15.7. The Morgan fingerprint density at radius 1 is 1.04 bits per heavy atom. The van der Waals surface area contributed by atoms with Gasteiger partial charge in [-0.25, -0.2) is 9.67 Å². The molecule has 6 nitrogen and oxygen atoms in total. The molecule has 1 N–H and O–H groups in total. The Labute approximate surface area is 160 Å². The number of piperidine rings is 2. The third kappa shape index (κ3) is 3.91. The Morgan fingerprint density at radius 2 is 1.73 bits per heavy atom. The second kappa shape index (κ2) is 8.64. The minimum Gasteiger partial charge on any atom is -0.339 e. The van der Waals surface area contributed by atoms with Crippen molar-refractivity contribution in [2.75, 3.05) is 26.2 Å². The van der Waals surface area contributed by atoms with E-state index in [0.29, 0.717) is 5.56 Å². The third-order valence-corrected chi connectivity index (χ3v) is 5.68. The Balaban J connectivity index is 0.00000196. The van der Waals surface area contributed by atoms with Crippen molar-refractivity contribution in [3.63, 3.8) is 0 Å². The maximum Gasteiger partial charge on any atom is 0.256 e. The van der Waals surface area contributed by atoms with Crippen LogP contribution in [-0.2, 0) is 0 Å². The number of benzene rings is 1. The van der Waals surface area contributed by atoms with Crippen molar-refractivity contribution in [2.24, 2.45) is 11.8 Å². The summed E-state index contributed by atoms with van der Waals surface area (Å²) in [6, 6.07) is 7.65. The SMILES string of the molecule is Cl.O=C(c1ccccc1-n1cncn1)N1CCC(C2CCNCC2)CC1. The van der Waals surface area contributed by atoms with Gasteiger partial charge in [-0.05, 0) is 62.7 Å². The lowest BCUT2D eigenvalue weighted by atomic mass is 9.79. The number of halogens is 1. The van der Waals surface area contributed by atoms with Crippen LogP contribution < -0.4 is 5.32 Å². The first-order valence-corrected chi connectivity index (χ1v) is 9.27. The van der Waals surface area contributed by atoms with E-state index in [1.165, 1.54) is 19.2 Å². The van der Waals surface area contributed by atoms with E-state index < -0.39 is 0 Å². The fourth-order valence-electron chi connectivity index (χ4n) is 4.25. The highest BCUT2D eigenvalue weighted by Crippen LogP contribution is 2.31. The summed E-state index contributed by atoms with van der Waals surface area (Å²) in [5.41, 5.74) is 1.50. The molecule has 2 aliphatic rings. The second-order valence-corrected chi connectivity index (χ2v) is 7.07. The van der Waals surface area contributed by atoms with Gasteiger partial charge in [0.1, 0.15) is 12.7 Å². The molecule has 0 saturated carbocycles. The highest BCUT2D eigenvalue weighted by atomic mass is 35.5. The van der Waals surface area contributed by atoms with Crippen molar-refractivity contribution >= 4 is 18.3 Å². The van der Waals surface area contributed by atoms with Crippen LogP contribution in [-0.4, -0.2) is 51.8 Å². The standard InChI is InChI=1S/C19H25N5O.ClH/c25-19(17-3-1-2-4-18(17)24-14-21-13-22-24)23-11-7-16(8-12-23)15-5-9-20-10-6-15;/h1-4,13-16,20H,5-12H2;1H. The van der Waals surface area contributed by atoms with E-state index in [1.54, 1.807) is 11.0 Å². The van der Waals surface area contributed by atoms with Gasteiger partial charge in [-0.2, -0.15) is 5.10 Å². The Hall–Kier alpha value is -1.92. The predicted molar refractivity (Wildman–Crippen MR) is 103 cm³/mol. The number of carbonyl (C=O) groups is 1. The molecule has 3 heterocycles. The summed E-state index contributed by atoms with van der Waals surface area (Å²) in [4.78, 5) is 19.1. The molecular formula is C19H26ClN5O. The molecule has 2 saturated heterocycles. The Morgan fingerprint density at radius 3 is 2.42 bits per heavy atom. The van der Waals surface area contributed by atoms with Crippen molar-refractivity contribution < 1.29 is 4.79 Å². The van der Waals surface area contributed by atoms with Crippen molar-refractivity contribution in [2.45, 2.75) is 25.7 Å². The van der Waals surface area contributed by atoms with Gasteiger partial charge in [0.05, 0.1) is 11.3 Å². The van der Waals surface area contributed by atoms with Crippen LogP contribution in [0.2, 0.25) is 0 Å². The van der Waals surface area contributed by atoms with Gasteiger partial charge in [0, 0.05) is 13.1 Å². The van der Waals surface area contributed by atoms with E-state index in [9.17, 15) is 4.79 Å². The highest BCUT2D eigenvalue weighted by Gasteiger charge is 2.30. The monoisotopic (exact) mass is 375 g/mol. The number of likely N-dealkylation sites (tertiary alicyclic amines) is 1. The topological polar surface area (TPSA) is 63.1 Å². The molecule has 2 aliphatic heterocycles. The Bertz CT molecular complexity index is 706. The third-order valence-electron chi connectivity index (χ3n) is 5.68. The van der Waals surface area contributed by atoms with Gasteiger partial charge < -0.3 is 10.2 Å². The molecule has 26 heavy (non-hydrogen) atoms. The molecule has 1 amide bonds. The summed E-state index contributed by atoms with van der Waals surface area (Å²) >= 11 is 0. The van der Waals surface area contributed by atoms with E-state index in [1.807, 2.05) is 29.2 Å². The number of carbonyl (C=O) groups excluding carboxylic acids is 1. The van der Waals surface area contributed by atoms with E-state index >= 15 is 0 Å². The molecule has 0 spiro atoms. The molecule has 2 aromatic rings. The second-order valence-electron chi connectivity index (χ2n) is 7.07. The van der Waals surface area contributed by atoms with Crippen molar-refractivity contribution in [1.29, 1.82) is 0 Å². The van der Waals surface area contributed by atoms with Crippen LogP contribution >= 0.6 is 12.4 Å². The minimum atomic E-state index is 0. The van der Waals surface area contributed by atoms with E-state index in [2.05, 4.69) is 15.4 Å². The Kier molecular flexibility index (Phi) is 6.27. The van der Waals surface area contributed by atoms with Gasteiger partial charge in [0.25, 0.3) is 5.91 Å². The van der Waals surface area contributed by atoms with Crippen molar-refractivity contribution in [3.8, 4) is 5.69 Å². The number of para-hydroxylation sites is 1. The maximum atomic E-state index is 13.1. The van der Waals surface area contributed by atoms with Gasteiger partial charge in [0.2, 0.25) is 0 Å². The van der Waals surface area contributed by atoms with Crippen LogP contribution in [0.15, 0.2) is 36.9 Å². The molecule has 140 valence electrons. The molecule has 0 bridgehead atoms. The number of rotatable bonds is 3. The molecule has 4 rings (SSSR count). The summed E-state index contributed by atoms with van der Waals surface area (Å²) in [6.07, 6.45) is 7.95. The van der Waals surface area contributed by atoms with Crippen LogP contribution in [0.5, 0.6) is 0 Å². The lowest BCUT2D eigenvalue weighted by molar-refractivity contribution is 0.0642. The number of hydrogen-bond donors (Lipinski definition) is 1. The van der Waals surface area contributed by atoms with Crippen molar-refractivity contribution in [3.05, 3.63) is 42.5 Å². The smallest absolute Gasteiger partial charge is 0.256 e. The molecule has 2 fully saturated rings. The van der Waals surface area contributed by atoms with Crippen LogP contribution in [0, 0.1) is 11.8 Å². The van der Waals surface area contributed by atoms with Crippen LogP contribution in [0.3, 0.4) is 0 Å². The van der Waals surface area contributed by atoms with Crippen LogP contribution in [0.4, 0.5) is 0 Å². The predicted octanol–water partition coefficient (Wildman–Crippen LogP) is 2.54. The van der Waals surface area contributed by atoms with Crippen molar-refractivity contribution in [1.82, 2.24) is 25.0 Å². The molecule has 1 aromatic carbocycles. The largest absolute Gasteiger partial charge is 0.339 e. The molecule has 0 radical (unpaired) electrons. The fourth-order valence-corrected chi connectivity index (χ4v) is 4.25. The summed E-state index contributed by atoms with van der Waals surface area (Å²) in [5, 5.41) is 7.62. The first kappa shape index (κ1) is 18.9. The molecule has 1 aromatic heterocycles. The van der Waals surface area contributed by atoms with Crippen LogP contribution in [0.1, 0.15) is 36.0 Å². The van der Waals surface area contributed by atoms with Gasteiger partial charge in [-0.1, -0.05) is 12.1 Å². The number of aromatic nitrogens is 3. The normalized spacial score (nSPS) is 19.2. The highest BCUT2D eigenvalue weighted by molar-refractivity contribution is 5.97. The van der Waals surface area contributed by atoms with E-state index in [4.69, 9.17) is 0 Å². The maximum absolute atomic E-state index is 13.1. The quantitative estimate of drug-likeness (QED) is 0.895. The lowest BCUT2D eigenvalue weighted by Gasteiger charge is -2.38.